The molecule has 3 nitrogen and oxygen atoms in total. The van der Waals surface area contributed by atoms with Gasteiger partial charge in [-0.1, -0.05) is 40.0 Å². The van der Waals surface area contributed by atoms with Gasteiger partial charge < -0.3 is 11.1 Å². The third-order valence-electron chi connectivity index (χ3n) is 2.72. The number of nitrogens with one attached hydrogen (secondary N) is 1. The van der Waals surface area contributed by atoms with Gasteiger partial charge in [0.05, 0.1) is 5.54 Å². The van der Waals surface area contributed by atoms with Gasteiger partial charge >= 0.3 is 0 Å². The molecule has 3 heteroatoms. The van der Waals surface area contributed by atoms with Crippen LogP contribution < -0.4 is 11.1 Å². The van der Waals surface area contributed by atoms with Crippen LogP contribution in [0.3, 0.4) is 0 Å². The molecule has 0 rings (SSSR count). The van der Waals surface area contributed by atoms with E-state index in [0.717, 1.165) is 25.8 Å². The highest BCUT2D eigenvalue weighted by Crippen LogP contribution is 2.14. The third-order valence-corrected chi connectivity index (χ3v) is 2.72. The Morgan fingerprint density at radius 2 is 2.00 bits per heavy atom. The van der Waals surface area contributed by atoms with E-state index in [9.17, 15) is 4.79 Å². The number of carbonyl (C=O) groups excluding carboxylic acids is 1. The predicted molar refractivity (Wildman–Crippen MR) is 64.6 cm³/mol. The standard InChI is InChI=1S/C12H26N2O/c1-5-6-7-8-12(4,11(13)15)14-9-10(2)3/h10,14H,5-9H2,1-4H3,(H2,13,15). The van der Waals surface area contributed by atoms with E-state index < -0.39 is 5.54 Å². The van der Waals surface area contributed by atoms with Crippen LogP contribution in [0.5, 0.6) is 0 Å². The normalized spacial score (nSPS) is 15.3. The van der Waals surface area contributed by atoms with Crippen molar-refractivity contribution in [3.8, 4) is 0 Å². The third kappa shape index (κ3) is 5.78. The first-order valence-corrected chi connectivity index (χ1v) is 5.97. The van der Waals surface area contributed by atoms with Crippen LogP contribution >= 0.6 is 0 Å². The van der Waals surface area contributed by atoms with Crippen molar-refractivity contribution in [1.82, 2.24) is 5.32 Å². The zero-order chi connectivity index (χ0) is 11.9. The summed E-state index contributed by atoms with van der Waals surface area (Å²) in [5.41, 5.74) is 4.91. The Balaban J connectivity index is 4.13. The van der Waals surface area contributed by atoms with Gasteiger partial charge in [-0.3, -0.25) is 4.79 Å². The molecule has 1 amide bonds. The summed E-state index contributed by atoms with van der Waals surface area (Å²) in [7, 11) is 0. The Labute approximate surface area is 93.8 Å². The average Bonchev–Trinajstić information content (AvgIpc) is 2.15. The van der Waals surface area contributed by atoms with Crippen LogP contribution in [0.4, 0.5) is 0 Å². The Morgan fingerprint density at radius 3 is 2.40 bits per heavy atom. The first-order chi connectivity index (χ1) is 6.92. The molecule has 0 radical (unpaired) electrons. The lowest BCUT2D eigenvalue weighted by Gasteiger charge is -2.28. The Hall–Kier alpha value is -0.570. The van der Waals surface area contributed by atoms with E-state index in [1.807, 2.05) is 6.92 Å². The Kier molecular flexibility index (Phi) is 6.57. The Morgan fingerprint density at radius 1 is 1.40 bits per heavy atom. The van der Waals surface area contributed by atoms with Gasteiger partial charge in [0.1, 0.15) is 0 Å². The van der Waals surface area contributed by atoms with Crippen LogP contribution in [0, 0.1) is 5.92 Å². The molecule has 0 aromatic rings. The molecule has 0 bridgehead atoms. The van der Waals surface area contributed by atoms with E-state index in [1.54, 1.807) is 0 Å². The number of nitrogens with two attached hydrogens (primary N) is 1. The molecule has 1 atom stereocenters. The number of hydrogen-bond acceptors (Lipinski definition) is 2. The summed E-state index contributed by atoms with van der Waals surface area (Å²) in [6.07, 6.45) is 4.22. The zero-order valence-corrected chi connectivity index (χ0v) is 10.6. The number of primary amides is 1. The van der Waals surface area contributed by atoms with Crippen LogP contribution in [-0.2, 0) is 4.79 Å². The molecule has 0 heterocycles. The fraction of sp³-hybridized carbons (Fsp3) is 0.917. The van der Waals surface area contributed by atoms with Gasteiger partial charge in [0, 0.05) is 0 Å². The van der Waals surface area contributed by atoms with E-state index in [1.165, 1.54) is 6.42 Å². The van der Waals surface area contributed by atoms with E-state index in [2.05, 4.69) is 26.1 Å². The molecule has 0 saturated heterocycles. The molecule has 15 heavy (non-hydrogen) atoms. The summed E-state index contributed by atoms with van der Waals surface area (Å²) in [6, 6.07) is 0. The molecule has 0 aliphatic heterocycles. The van der Waals surface area contributed by atoms with Gasteiger partial charge in [0.2, 0.25) is 5.91 Å². The number of carbonyl (C=O) groups is 1. The van der Waals surface area contributed by atoms with Gasteiger partial charge in [0.25, 0.3) is 0 Å². The van der Waals surface area contributed by atoms with E-state index in [4.69, 9.17) is 5.73 Å². The largest absolute Gasteiger partial charge is 0.368 e. The Bertz CT molecular complexity index is 192. The minimum Gasteiger partial charge on any atom is -0.368 e. The van der Waals surface area contributed by atoms with Gasteiger partial charge in [-0.25, -0.2) is 0 Å². The first kappa shape index (κ1) is 14.4. The van der Waals surface area contributed by atoms with Gasteiger partial charge in [0.15, 0.2) is 0 Å². The van der Waals surface area contributed by atoms with Crippen molar-refractivity contribution < 1.29 is 4.79 Å². The van der Waals surface area contributed by atoms with Crippen molar-refractivity contribution in [2.45, 2.75) is 58.9 Å². The summed E-state index contributed by atoms with van der Waals surface area (Å²) >= 11 is 0. The smallest absolute Gasteiger partial charge is 0.237 e. The number of amides is 1. The van der Waals surface area contributed by atoms with E-state index in [0.29, 0.717) is 5.92 Å². The minimum absolute atomic E-state index is 0.237. The van der Waals surface area contributed by atoms with Crippen LogP contribution in [0.1, 0.15) is 53.4 Å². The average molecular weight is 214 g/mol. The van der Waals surface area contributed by atoms with Crippen LogP contribution in [0.25, 0.3) is 0 Å². The van der Waals surface area contributed by atoms with Crippen molar-refractivity contribution in [2.24, 2.45) is 11.7 Å². The second-order valence-electron chi connectivity index (χ2n) is 4.93. The molecule has 0 aliphatic rings. The zero-order valence-electron chi connectivity index (χ0n) is 10.6. The highest BCUT2D eigenvalue weighted by atomic mass is 16.1. The topological polar surface area (TPSA) is 55.1 Å². The SMILES string of the molecule is CCCCCC(C)(NCC(C)C)C(N)=O. The highest BCUT2D eigenvalue weighted by molar-refractivity contribution is 5.84. The molecule has 0 aromatic carbocycles. The van der Waals surface area contributed by atoms with Crippen LogP contribution in [0.2, 0.25) is 0 Å². The number of rotatable bonds is 8. The lowest BCUT2D eigenvalue weighted by atomic mass is 9.93. The van der Waals surface area contributed by atoms with Crippen molar-refractivity contribution in [3.63, 3.8) is 0 Å². The molecule has 0 aliphatic carbocycles. The van der Waals surface area contributed by atoms with Gasteiger partial charge in [-0.2, -0.15) is 0 Å². The molecule has 0 spiro atoms. The molecule has 1 unspecified atom stereocenters. The summed E-state index contributed by atoms with van der Waals surface area (Å²) in [5, 5.41) is 3.28. The summed E-state index contributed by atoms with van der Waals surface area (Å²) in [6.45, 7) is 9.16. The van der Waals surface area contributed by atoms with Gasteiger partial charge in [-0.15, -0.1) is 0 Å². The monoisotopic (exact) mass is 214 g/mol. The maximum Gasteiger partial charge on any atom is 0.237 e. The fourth-order valence-electron chi connectivity index (χ4n) is 1.46. The van der Waals surface area contributed by atoms with Crippen molar-refractivity contribution in [1.29, 1.82) is 0 Å². The molecule has 0 saturated carbocycles. The highest BCUT2D eigenvalue weighted by Gasteiger charge is 2.29. The van der Waals surface area contributed by atoms with Gasteiger partial charge in [-0.05, 0) is 25.8 Å². The summed E-state index contributed by atoms with van der Waals surface area (Å²) < 4.78 is 0. The maximum atomic E-state index is 11.4. The van der Waals surface area contributed by atoms with Crippen molar-refractivity contribution >= 4 is 5.91 Å². The quantitative estimate of drug-likeness (QED) is 0.608. The molecule has 0 aromatic heterocycles. The molecule has 3 N–H and O–H groups in total. The molecular formula is C12H26N2O. The van der Waals surface area contributed by atoms with Crippen LogP contribution in [-0.4, -0.2) is 18.0 Å². The van der Waals surface area contributed by atoms with E-state index >= 15 is 0 Å². The predicted octanol–water partition coefficient (Wildman–Crippen LogP) is 2.06. The second-order valence-corrected chi connectivity index (χ2v) is 4.93. The first-order valence-electron chi connectivity index (χ1n) is 5.97. The number of unbranched alkanes of at least 4 members (excludes halogenated alkanes) is 2. The number of hydrogen-bond donors (Lipinski definition) is 2. The minimum atomic E-state index is -0.528. The van der Waals surface area contributed by atoms with Crippen LogP contribution in [0.15, 0.2) is 0 Å². The molecule has 0 fully saturated rings. The van der Waals surface area contributed by atoms with Crippen molar-refractivity contribution in [2.75, 3.05) is 6.54 Å². The lowest BCUT2D eigenvalue weighted by Crippen LogP contribution is -2.54. The lowest BCUT2D eigenvalue weighted by molar-refractivity contribution is -0.124. The van der Waals surface area contributed by atoms with Crippen molar-refractivity contribution in [3.05, 3.63) is 0 Å². The fourth-order valence-corrected chi connectivity index (χ4v) is 1.46. The van der Waals surface area contributed by atoms with E-state index in [-0.39, 0.29) is 5.91 Å². The maximum absolute atomic E-state index is 11.4. The second kappa shape index (κ2) is 6.83. The molecular weight excluding hydrogens is 188 g/mol. The summed E-state index contributed by atoms with van der Waals surface area (Å²) in [5.74, 6) is 0.300. The molecule has 90 valence electrons. The summed E-state index contributed by atoms with van der Waals surface area (Å²) in [4.78, 5) is 11.4.